The van der Waals surface area contributed by atoms with E-state index in [2.05, 4.69) is 10.6 Å². The number of piperidine rings is 1. The first-order chi connectivity index (χ1) is 14.4. The molecule has 1 aliphatic heterocycles. The van der Waals surface area contributed by atoms with E-state index >= 15 is 0 Å². The van der Waals surface area contributed by atoms with Gasteiger partial charge in [0.25, 0.3) is 5.91 Å². The number of esters is 1. The predicted molar refractivity (Wildman–Crippen MR) is 112 cm³/mol. The highest BCUT2D eigenvalue weighted by Crippen LogP contribution is 2.19. The average molecular weight is 415 g/mol. The molecule has 1 heterocycles. The van der Waals surface area contributed by atoms with Gasteiger partial charge in [0.05, 0.1) is 5.92 Å². The van der Waals surface area contributed by atoms with Crippen molar-refractivity contribution in [2.24, 2.45) is 5.92 Å². The van der Waals surface area contributed by atoms with E-state index < -0.39 is 24.5 Å². The third kappa shape index (κ3) is 7.69. The van der Waals surface area contributed by atoms with Gasteiger partial charge >= 0.3 is 12.0 Å². The summed E-state index contributed by atoms with van der Waals surface area (Å²) in [6.45, 7) is 4.11. The molecule has 1 aliphatic rings. The normalized spacial score (nSPS) is 15.5. The zero-order valence-corrected chi connectivity index (χ0v) is 17.4. The van der Waals surface area contributed by atoms with Crippen molar-refractivity contribution in [3.05, 3.63) is 42.0 Å². The Balaban J connectivity index is 1.69. The highest BCUT2D eigenvalue weighted by atomic mass is 16.5. The zero-order chi connectivity index (χ0) is 21.9. The number of carbonyl (C=O) groups is 4. The molecule has 0 aromatic heterocycles. The molecular formula is C22H29N3O5. The molecule has 1 aromatic rings. The molecule has 0 aliphatic carbocycles. The first kappa shape index (κ1) is 23.1. The molecular weight excluding hydrogens is 386 g/mol. The molecule has 0 spiro atoms. The van der Waals surface area contributed by atoms with Crippen molar-refractivity contribution in [2.45, 2.75) is 39.2 Å². The fraction of sp³-hybridized carbons (Fsp3) is 0.455. The summed E-state index contributed by atoms with van der Waals surface area (Å²) in [6, 6.07) is 8.87. The minimum Gasteiger partial charge on any atom is -0.455 e. The van der Waals surface area contributed by atoms with Gasteiger partial charge in [-0.1, -0.05) is 37.3 Å². The van der Waals surface area contributed by atoms with Crippen LogP contribution in [0.1, 0.15) is 38.7 Å². The summed E-state index contributed by atoms with van der Waals surface area (Å²) < 4.78 is 5.03. The van der Waals surface area contributed by atoms with Gasteiger partial charge in [0.2, 0.25) is 5.91 Å². The molecule has 8 heteroatoms. The van der Waals surface area contributed by atoms with Crippen LogP contribution in [0.25, 0.3) is 6.08 Å². The van der Waals surface area contributed by atoms with Crippen LogP contribution in [0.3, 0.4) is 0 Å². The number of ether oxygens (including phenoxy) is 1. The Hall–Kier alpha value is -3.16. The smallest absolute Gasteiger partial charge is 0.321 e. The second-order valence-corrected chi connectivity index (χ2v) is 7.28. The molecule has 8 nitrogen and oxygen atoms in total. The van der Waals surface area contributed by atoms with E-state index in [1.165, 1.54) is 6.08 Å². The van der Waals surface area contributed by atoms with Crippen LogP contribution in [0.5, 0.6) is 0 Å². The van der Waals surface area contributed by atoms with Gasteiger partial charge < -0.3 is 15.0 Å². The number of urea groups is 1. The summed E-state index contributed by atoms with van der Waals surface area (Å²) in [5, 5.41) is 4.72. The monoisotopic (exact) mass is 415 g/mol. The van der Waals surface area contributed by atoms with Crippen LogP contribution < -0.4 is 10.6 Å². The molecule has 0 unspecified atom stereocenters. The fourth-order valence-corrected chi connectivity index (χ4v) is 2.95. The summed E-state index contributed by atoms with van der Waals surface area (Å²) in [6.07, 6.45) is 4.97. The Labute approximate surface area is 176 Å². The number of nitrogens with one attached hydrogen (secondary N) is 2. The first-order valence-electron chi connectivity index (χ1n) is 10.2. The van der Waals surface area contributed by atoms with Gasteiger partial charge in [-0.2, -0.15) is 0 Å². The van der Waals surface area contributed by atoms with Crippen LogP contribution in [0.4, 0.5) is 4.79 Å². The molecule has 1 saturated heterocycles. The van der Waals surface area contributed by atoms with Crippen molar-refractivity contribution in [3.8, 4) is 0 Å². The van der Waals surface area contributed by atoms with E-state index in [4.69, 9.17) is 4.74 Å². The summed E-state index contributed by atoms with van der Waals surface area (Å²) in [4.78, 5) is 49.5. The third-order valence-electron chi connectivity index (χ3n) is 4.95. The summed E-state index contributed by atoms with van der Waals surface area (Å²) in [5.74, 6) is -1.63. The van der Waals surface area contributed by atoms with E-state index in [0.29, 0.717) is 25.9 Å². The Morgan fingerprint density at radius 1 is 1.17 bits per heavy atom. The van der Waals surface area contributed by atoms with E-state index in [0.717, 1.165) is 12.0 Å². The average Bonchev–Trinajstić information content (AvgIpc) is 2.76. The van der Waals surface area contributed by atoms with Crippen LogP contribution in [0.2, 0.25) is 0 Å². The maximum Gasteiger partial charge on any atom is 0.321 e. The van der Waals surface area contributed by atoms with Crippen molar-refractivity contribution in [2.75, 3.05) is 19.7 Å². The largest absolute Gasteiger partial charge is 0.455 e. The van der Waals surface area contributed by atoms with Gasteiger partial charge in [0.15, 0.2) is 6.61 Å². The number of hydrogen-bond acceptors (Lipinski definition) is 5. The lowest BCUT2D eigenvalue weighted by atomic mass is 9.97. The quantitative estimate of drug-likeness (QED) is 0.524. The molecule has 2 N–H and O–H groups in total. The number of rotatable bonds is 7. The van der Waals surface area contributed by atoms with Crippen molar-refractivity contribution in [3.63, 3.8) is 0 Å². The Morgan fingerprint density at radius 3 is 2.47 bits per heavy atom. The molecule has 2 rings (SSSR count). The van der Waals surface area contributed by atoms with Gasteiger partial charge in [0, 0.05) is 25.2 Å². The van der Waals surface area contributed by atoms with Gasteiger partial charge in [-0.15, -0.1) is 0 Å². The lowest BCUT2D eigenvalue weighted by molar-refractivity contribution is -0.154. The molecule has 1 aromatic carbocycles. The molecule has 162 valence electrons. The predicted octanol–water partition coefficient (Wildman–Crippen LogP) is 2.11. The van der Waals surface area contributed by atoms with Crippen LogP contribution in [-0.4, -0.2) is 54.5 Å². The number of imide groups is 1. The topological polar surface area (TPSA) is 105 Å². The number of benzene rings is 1. The van der Waals surface area contributed by atoms with Gasteiger partial charge in [0.1, 0.15) is 0 Å². The molecule has 0 saturated carbocycles. The molecule has 4 amide bonds. The van der Waals surface area contributed by atoms with Crippen LogP contribution in [-0.2, 0) is 19.1 Å². The maximum absolute atomic E-state index is 12.3. The molecule has 0 bridgehead atoms. The van der Waals surface area contributed by atoms with Crippen molar-refractivity contribution in [1.82, 2.24) is 15.5 Å². The van der Waals surface area contributed by atoms with Crippen molar-refractivity contribution in [1.29, 1.82) is 0 Å². The first-order valence-corrected chi connectivity index (χ1v) is 10.2. The van der Waals surface area contributed by atoms with E-state index in [-0.39, 0.29) is 17.9 Å². The van der Waals surface area contributed by atoms with E-state index in [1.807, 2.05) is 44.2 Å². The summed E-state index contributed by atoms with van der Waals surface area (Å²) >= 11 is 0. The highest BCUT2D eigenvalue weighted by molar-refractivity contribution is 5.95. The van der Waals surface area contributed by atoms with Crippen LogP contribution >= 0.6 is 0 Å². The lowest BCUT2D eigenvalue weighted by Gasteiger charge is -2.30. The van der Waals surface area contributed by atoms with Gasteiger partial charge in [-0.3, -0.25) is 19.7 Å². The van der Waals surface area contributed by atoms with Crippen LogP contribution in [0, 0.1) is 5.92 Å². The zero-order valence-electron chi connectivity index (χ0n) is 17.4. The lowest BCUT2D eigenvalue weighted by Crippen LogP contribution is -2.45. The maximum atomic E-state index is 12.3. The van der Waals surface area contributed by atoms with E-state index in [9.17, 15) is 19.2 Å². The molecule has 1 atom stereocenters. The fourth-order valence-electron chi connectivity index (χ4n) is 2.95. The van der Waals surface area contributed by atoms with Crippen molar-refractivity contribution < 1.29 is 23.9 Å². The standard InChI is InChI=1S/C22H29N3O5/c1-3-16(2)23-22(29)24-19(26)15-30-21(28)18-11-13-25(14-12-18)20(27)10-9-17-7-5-4-6-8-17/h4-10,16,18H,3,11-15H2,1-2H3,(H2,23,24,26,29)/b10-9+/t16-/m1/s1. The summed E-state index contributed by atoms with van der Waals surface area (Å²) in [7, 11) is 0. The number of hydrogen-bond donors (Lipinski definition) is 2. The minimum absolute atomic E-state index is 0.0595. The van der Waals surface area contributed by atoms with Crippen LogP contribution in [0.15, 0.2) is 36.4 Å². The number of nitrogens with zero attached hydrogens (tertiary/aromatic N) is 1. The minimum atomic E-state index is -0.678. The summed E-state index contributed by atoms with van der Waals surface area (Å²) in [5.41, 5.74) is 0.945. The molecule has 1 fully saturated rings. The second kappa shape index (κ2) is 11.7. The Bertz CT molecular complexity index is 770. The number of carbonyl (C=O) groups excluding carboxylic acids is 4. The Kier molecular flexibility index (Phi) is 9.05. The van der Waals surface area contributed by atoms with Crippen molar-refractivity contribution >= 4 is 29.9 Å². The highest BCUT2D eigenvalue weighted by Gasteiger charge is 2.28. The van der Waals surface area contributed by atoms with Gasteiger partial charge in [-0.25, -0.2) is 4.79 Å². The molecule has 0 radical (unpaired) electrons. The third-order valence-corrected chi connectivity index (χ3v) is 4.95. The number of likely N-dealkylation sites (tertiary alicyclic amines) is 1. The SMILES string of the molecule is CC[C@@H](C)NC(=O)NC(=O)COC(=O)C1CCN(C(=O)/C=C/c2ccccc2)CC1. The van der Waals surface area contributed by atoms with Gasteiger partial charge in [-0.05, 0) is 37.8 Å². The Morgan fingerprint density at radius 2 is 1.83 bits per heavy atom. The second-order valence-electron chi connectivity index (χ2n) is 7.28. The number of amides is 4. The van der Waals surface area contributed by atoms with E-state index in [1.54, 1.807) is 11.0 Å². The molecule has 30 heavy (non-hydrogen) atoms.